The van der Waals surface area contributed by atoms with Gasteiger partial charge in [0.2, 0.25) is 0 Å². The van der Waals surface area contributed by atoms with Crippen LogP contribution in [0.5, 0.6) is 0 Å². The maximum atomic E-state index is 11.1. The molecule has 0 N–H and O–H groups in total. The van der Waals surface area contributed by atoms with Crippen LogP contribution in [-0.4, -0.2) is 0 Å². The van der Waals surface area contributed by atoms with E-state index < -0.39 is 0 Å². The number of para-hydroxylation sites is 2. The summed E-state index contributed by atoms with van der Waals surface area (Å²) < 4.78 is 0. The van der Waals surface area contributed by atoms with Crippen LogP contribution in [0.15, 0.2) is 182 Å². The molecule has 0 bridgehead atoms. The Morgan fingerprint density at radius 3 is 1.15 bits per heavy atom. The molecular formula is C58H42N4. The van der Waals surface area contributed by atoms with Gasteiger partial charge in [0.05, 0.1) is 33.9 Å². The van der Waals surface area contributed by atoms with Gasteiger partial charge >= 0.3 is 0 Å². The van der Waals surface area contributed by atoms with Crippen molar-refractivity contribution in [3.8, 4) is 34.4 Å². The van der Waals surface area contributed by atoms with E-state index in [-0.39, 0.29) is 0 Å². The summed E-state index contributed by atoms with van der Waals surface area (Å²) in [5.41, 5.74) is 15.6. The summed E-state index contributed by atoms with van der Waals surface area (Å²) in [5, 5.41) is 28.2. The molecule has 10 aromatic rings. The van der Waals surface area contributed by atoms with Gasteiger partial charge in [0.1, 0.15) is 12.1 Å². The topological polar surface area (TPSA) is 54.1 Å². The number of nitriles is 2. The molecule has 0 heterocycles. The summed E-state index contributed by atoms with van der Waals surface area (Å²) in [6.07, 6.45) is 0. The molecule has 0 unspecified atom stereocenters. The Labute approximate surface area is 362 Å². The van der Waals surface area contributed by atoms with Crippen LogP contribution in [0, 0.1) is 50.4 Å². The van der Waals surface area contributed by atoms with E-state index >= 15 is 0 Å². The van der Waals surface area contributed by atoms with Gasteiger partial charge in [-0.05, 0) is 108 Å². The molecule has 0 atom stereocenters. The quantitative estimate of drug-likeness (QED) is 0.144. The molecule has 0 radical (unpaired) electrons. The lowest BCUT2D eigenvalue weighted by molar-refractivity contribution is 1.24. The zero-order chi connectivity index (χ0) is 42.5. The summed E-state index contributed by atoms with van der Waals surface area (Å²) in [5.74, 6) is 0. The minimum Gasteiger partial charge on any atom is -0.308 e. The molecule has 0 aromatic heterocycles. The zero-order valence-corrected chi connectivity index (χ0v) is 35.1. The van der Waals surface area contributed by atoms with Gasteiger partial charge < -0.3 is 9.80 Å². The highest BCUT2D eigenvalue weighted by molar-refractivity contribution is 6.29. The molecule has 0 aliphatic rings. The molecule has 0 aliphatic heterocycles. The van der Waals surface area contributed by atoms with Crippen molar-refractivity contribution >= 4 is 66.4 Å². The molecule has 0 fully saturated rings. The number of rotatable bonds is 8. The first-order chi connectivity index (χ1) is 30.3. The zero-order valence-electron chi connectivity index (χ0n) is 35.1. The van der Waals surface area contributed by atoms with Gasteiger partial charge in [-0.25, -0.2) is 0 Å². The molecule has 294 valence electrons. The van der Waals surface area contributed by atoms with E-state index in [1.807, 2.05) is 24.3 Å². The van der Waals surface area contributed by atoms with Gasteiger partial charge in [0.25, 0.3) is 0 Å². The average Bonchev–Trinajstić information content (AvgIpc) is 3.30. The minimum atomic E-state index is 0.574. The third kappa shape index (κ3) is 6.29. The number of benzene rings is 10. The third-order valence-electron chi connectivity index (χ3n) is 12.2. The Kier molecular flexibility index (Phi) is 9.48. The van der Waals surface area contributed by atoms with Crippen molar-refractivity contribution in [2.75, 3.05) is 9.80 Å². The van der Waals surface area contributed by atoms with E-state index in [0.29, 0.717) is 11.1 Å². The fraction of sp³-hybridized carbons (Fsp3) is 0.0690. The predicted molar refractivity (Wildman–Crippen MR) is 259 cm³/mol. The molecule has 0 saturated heterocycles. The summed E-state index contributed by atoms with van der Waals surface area (Å²) in [6.45, 7) is 8.52. The second kappa shape index (κ2) is 15.4. The predicted octanol–water partition coefficient (Wildman–Crippen LogP) is 15.8. The first-order valence-corrected chi connectivity index (χ1v) is 21.0. The van der Waals surface area contributed by atoms with Gasteiger partial charge in [0.15, 0.2) is 0 Å². The first kappa shape index (κ1) is 38.0. The molecule has 62 heavy (non-hydrogen) atoms. The number of anilines is 6. The SMILES string of the molecule is Cc1ccc(N(c2ccccc2-c2ccccc2)c2c(C#N)cc3ccc4cc(C#N)c(N(c5ccc(C)cc5C)c5ccccc5-c5ccccc5)c5ccc2c3c45)c(C)c1. The number of hydrogen-bond acceptors (Lipinski definition) is 4. The first-order valence-electron chi connectivity index (χ1n) is 21.0. The highest BCUT2D eigenvalue weighted by atomic mass is 15.2. The summed E-state index contributed by atoms with van der Waals surface area (Å²) in [4.78, 5) is 4.59. The largest absolute Gasteiger partial charge is 0.308 e. The van der Waals surface area contributed by atoms with Crippen molar-refractivity contribution in [2.45, 2.75) is 27.7 Å². The average molecular weight is 795 g/mol. The van der Waals surface area contributed by atoms with Crippen LogP contribution in [0.1, 0.15) is 33.4 Å². The molecule has 4 nitrogen and oxygen atoms in total. The maximum Gasteiger partial charge on any atom is 0.101 e. The molecule has 0 amide bonds. The van der Waals surface area contributed by atoms with Crippen molar-refractivity contribution in [1.29, 1.82) is 10.5 Å². The normalized spacial score (nSPS) is 11.2. The Balaban J connectivity index is 1.33. The molecule has 0 aliphatic carbocycles. The lowest BCUT2D eigenvalue weighted by atomic mass is 9.88. The van der Waals surface area contributed by atoms with Crippen molar-refractivity contribution < 1.29 is 0 Å². The highest BCUT2D eigenvalue weighted by Crippen LogP contribution is 2.52. The van der Waals surface area contributed by atoms with Crippen molar-refractivity contribution in [1.82, 2.24) is 0 Å². The van der Waals surface area contributed by atoms with Crippen LogP contribution in [0.2, 0.25) is 0 Å². The van der Waals surface area contributed by atoms with E-state index in [0.717, 1.165) is 99.8 Å². The summed E-state index contributed by atoms with van der Waals surface area (Å²) in [7, 11) is 0. The third-order valence-corrected chi connectivity index (χ3v) is 12.2. The van der Waals surface area contributed by atoms with E-state index in [4.69, 9.17) is 0 Å². The highest BCUT2D eigenvalue weighted by Gasteiger charge is 2.29. The Bertz CT molecular complexity index is 3200. The maximum absolute atomic E-state index is 11.1. The smallest absolute Gasteiger partial charge is 0.101 e. The van der Waals surface area contributed by atoms with Crippen LogP contribution in [-0.2, 0) is 0 Å². The van der Waals surface area contributed by atoms with Crippen LogP contribution < -0.4 is 9.80 Å². The standard InChI is InChI=1S/C58H42N4/c1-37-23-29-51(39(3)31-37)61(53-21-13-11-19-47(53)41-15-7-5-8-16-41)57-45(35-59)33-43-25-26-44-34-46(36-60)58(50-28-27-49(57)55(43)56(44)50)62(52-30-24-38(2)32-40(52)4)54-22-14-12-20-48(54)42-17-9-6-10-18-42/h5-34H,1-4H3. The minimum absolute atomic E-state index is 0.574. The van der Waals surface area contributed by atoms with E-state index in [1.165, 1.54) is 11.1 Å². The Hall–Kier alpha value is -8.18. The fourth-order valence-corrected chi connectivity index (χ4v) is 9.49. The van der Waals surface area contributed by atoms with Crippen LogP contribution >= 0.6 is 0 Å². The second-order valence-corrected chi connectivity index (χ2v) is 16.2. The number of aryl methyl sites for hydroxylation is 4. The van der Waals surface area contributed by atoms with Gasteiger partial charge in [-0.3, -0.25) is 0 Å². The molecule has 0 spiro atoms. The van der Waals surface area contributed by atoms with Crippen LogP contribution in [0.25, 0.3) is 54.6 Å². The summed E-state index contributed by atoms with van der Waals surface area (Å²) >= 11 is 0. The van der Waals surface area contributed by atoms with E-state index in [1.54, 1.807) is 0 Å². The van der Waals surface area contributed by atoms with Gasteiger partial charge in [-0.1, -0.05) is 157 Å². The van der Waals surface area contributed by atoms with Gasteiger partial charge in [-0.15, -0.1) is 0 Å². The Morgan fingerprint density at radius 2 is 0.758 bits per heavy atom. The lowest BCUT2D eigenvalue weighted by Crippen LogP contribution is -2.16. The van der Waals surface area contributed by atoms with Crippen molar-refractivity contribution in [3.05, 3.63) is 215 Å². The number of hydrogen-bond donors (Lipinski definition) is 0. The van der Waals surface area contributed by atoms with E-state index in [9.17, 15) is 10.5 Å². The van der Waals surface area contributed by atoms with Crippen molar-refractivity contribution in [2.24, 2.45) is 0 Å². The lowest BCUT2D eigenvalue weighted by Gasteiger charge is -2.33. The Morgan fingerprint density at radius 1 is 0.371 bits per heavy atom. The monoisotopic (exact) mass is 794 g/mol. The summed E-state index contributed by atoms with van der Waals surface area (Å²) in [6, 6.07) is 68.8. The molecular weight excluding hydrogens is 753 g/mol. The molecule has 4 heteroatoms. The fourth-order valence-electron chi connectivity index (χ4n) is 9.49. The van der Waals surface area contributed by atoms with Crippen LogP contribution in [0.4, 0.5) is 34.1 Å². The van der Waals surface area contributed by atoms with Gasteiger partial charge in [-0.2, -0.15) is 10.5 Å². The van der Waals surface area contributed by atoms with Crippen LogP contribution in [0.3, 0.4) is 0 Å². The molecule has 10 aromatic carbocycles. The molecule has 0 saturated carbocycles. The van der Waals surface area contributed by atoms with E-state index in [2.05, 4.69) is 207 Å². The van der Waals surface area contributed by atoms with Crippen molar-refractivity contribution in [3.63, 3.8) is 0 Å². The second-order valence-electron chi connectivity index (χ2n) is 16.2. The van der Waals surface area contributed by atoms with Gasteiger partial charge in [0, 0.05) is 33.3 Å². The number of nitrogens with zero attached hydrogens (tertiary/aromatic N) is 4. The molecule has 10 rings (SSSR count).